The van der Waals surface area contributed by atoms with Gasteiger partial charge in [0.1, 0.15) is 5.82 Å². The molecule has 16 heavy (non-hydrogen) atoms. The third kappa shape index (κ3) is 3.08. The fraction of sp³-hybridized carbons (Fsp3) is 0.667. The quantitative estimate of drug-likeness (QED) is 0.823. The minimum atomic E-state index is 0.322. The molecule has 1 N–H and O–H groups in total. The molecule has 2 rings (SSSR count). The van der Waals surface area contributed by atoms with Gasteiger partial charge in [0, 0.05) is 18.3 Å². The summed E-state index contributed by atoms with van der Waals surface area (Å²) in [6.07, 6.45) is 4.01. The number of aromatic nitrogens is 2. The maximum absolute atomic E-state index is 5.81. The Bertz CT molecular complexity index is 347. The highest BCUT2D eigenvalue weighted by molar-refractivity contribution is 6.28. The minimum Gasteiger partial charge on any atom is -0.370 e. The monoisotopic (exact) mass is 239 g/mol. The van der Waals surface area contributed by atoms with Crippen LogP contribution in [0.1, 0.15) is 31.9 Å². The van der Waals surface area contributed by atoms with Gasteiger partial charge in [0.2, 0.25) is 5.28 Å². The van der Waals surface area contributed by atoms with Crippen LogP contribution in [0, 0.1) is 18.8 Å². The molecular formula is C12H18ClN3. The zero-order chi connectivity index (χ0) is 11.5. The maximum atomic E-state index is 5.81. The van der Waals surface area contributed by atoms with E-state index in [1.54, 1.807) is 0 Å². The predicted molar refractivity (Wildman–Crippen MR) is 66.8 cm³/mol. The van der Waals surface area contributed by atoms with Crippen LogP contribution in [0.4, 0.5) is 5.82 Å². The molecular weight excluding hydrogens is 222 g/mol. The van der Waals surface area contributed by atoms with E-state index in [4.69, 9.17) is 11.6 Å². The lowest BCUT2D eigenvalue weighted by molar-refractivity contribution is 0.536. The van der Waals surface area contributed by atoms with Crippen molar-refractivity contribution in [2.75, 3.05) is 11.9 Å². The van der Waals surface area contributed by atoms with Gasteiger partial charge in [-0.25, -0.2) is 9.97 Å². The topological polar surface area (TPSA) is 37.8 Å². The van der Waals surface area contributed by atoms with Crippen molar-refractivity contribution in [2.24, 2.45) is 11.8 Å². The Kier molecular flexibility index (Phi) is 3.64. The number of rotatable bonds is 3. The first-order valence-electron chi connectivity index (χ1n) is 5.88. The molecule has 4 heteroatoms. The highest BCUT2D eigenvalue weighted by Gasteiger charge is 2.20. The van der Waals surface area contributed by atoms with Crippen LogP contribution in [0.25, 0.3) is 0 Å². The lowest BCUT2D eigenvalue weighted by Gasteiger charge is -2.11. The number of hydrogen-bond donors (Lipinski definition) is 1. The number of hydrogen-bond acceptors (Lipinski definition) is 3. The summed E-state index contributed by atoms with van der Waals surface area (Å²) < 4.78 is 0. The highest BCUT2D eigenvalue weighted by Crippen LogP contribution is 2.30. The molecule has 1 aliphatic carbocycles. The second-order valence-electron chi connectivity index (χ2n) is 4.83. The molecule has 0 spiro atoms. The van der Waals surface area contributed by atoms with E-state index in [2.05, 4.69) is 22.2 Å². The van der Waals surface area contributed by atoms with Gasteiger partial charge in [0.15, 0.2) is 0 Å². The van der Waals surface area contributed by atoms with E-state index in [-0.39, 0.29) is 0 Å². The van der Waals surface area contributed by atoms with E-state index in [1.165, 1.54) is 19.3 Å². The second kappa shape index (κ2) is 5.00. The van der Waals surface area contributed by atoms with Crippen LogP contribution < -0.4 is 5.32 Å². The van der Waals surface area contributed by atoms with Gasteiger partial charge in [-0.05, 0) is 43.2 Å². The van der Waals surface area contributed by atoms with Crippen molar-refractivity contribution < 1.29 is 0 Å². The zero-order valence-corrected chi connectivity index (χ0v) is 10.6. The van der Waals surface area contributed by atoms with Gasteiger partial charge in [0.05, 0.1) is 0 Å². The first-order valence-corrected chi connectivity index (χ1v) is 6.26. The predicted octanol–water partition coefficient (Wildman–Crippen LogP) is 3.29. The summed E-state index contributed by atoms with van der Waals surface area (Å²) in [5, 5.41) is 3.67. The summed E-state index contributed by atoms with van der Waals surface area (Å²) in [5.41, 5.74) is 0.905. The summed E-state index contributed by atoms with van der Waals surface area (Å²) in [7, 11) is 0. The van der Waals surface area contributed by atoms with Crippen molar-refractivity contribution in [1.29, 1.82) is 0 Å². The molecule has 1 saturated carbocycles. The fourth-order valence-corrected chi connectivity index (χ4v) is 2.61. The van der Waals surface area contributed by atoms with Gasteiger partial charge in [-0.2, -0.15) is 0 Å². The van der Waals surface area contributed by atoms with Crippen molar-refractivity contribution in [3.63, 3.8) is 0 Å². The average Bonchev–Trinajstić information content (AvgIpc) is 2.60. The van der Waals surface area contributed by atoms with Gasteiger partial charge in [-0.15, -0.1) is 0 Å². The van der Waals surface area contributed by atoms with Crippen molar-refractivity contribution in [3.05, 3.63) is 17.0 Å². The SMILES string of the molecule is Cc1cc(NCC2CCC(C)C2)nc(Cl)n1. The molecule has 2 atom stereocenters. The third-order valence-electron chi connectivity index (χ3n) is 3.20. The Hall–Kier alpha value is -0.830. The number of anilines is 1. The smallest absolute Gasteiger partial charge is 0.224 e. The summed E-state index contributed by atoms with van der Waals surface area (Å²) in [4.78, 5) is 8.20. The molecule has 1 aliphatic rings. The summed E-state index contributed by atoms with van der Waals surface area (Å²) >= 11 is 5.81. The van der Waals surface area contributed by atoms with Crippen molar-refractivity contribution in [1.82, 2.24) is 9.97 Å². The van der Waals surface area contributed by atoms with E-state index in [9.17, 15) is 0 Å². The lowest BCUT2D eigenvalue weighted by atomic mass is 10.1. The molecule has 1 aromatic heterocycles. The molecule has 3 nitrogen and oxygen atoms in total. The Morgan fingerprint density at radius 1 is 1.44 bits per heavy atom. The largest absolute Gasteiger partial charge is 0.370 e. The molecule has 0 amide bonds. The number of aryl methyl sites for hydroxylation is 1. The molecule has 1 aromatic rings. The van der Waals surface area contributed by atoms with Crippen LogP contribution in [-0.4, -0.2) is 16.5 Å². The van der Waals surface area contributed by atoms with E-state index in [0.29, 0.717) is 5.28 Å². The van der Waals surface area contributed by atoms with Crippen LogP contribution in [0.15, 0.2) is 6.07 Å². The van der Waals surface area contributed by atoms with Crippen molar-refractivity contribution >= 4 is 17.4 Å². The molecule has 1 heterocycles. The normalized spacial score (nSPS) is 24.7. The number of halogens is 1. The van der Waals surface area contributed by atoms with Crippen molar-refractivity contribution in [2.45, 2.75) is 33.1 Å². The maximum Gasteiger partial charge on any atom is 0.224 e. The van der Waals surface area contributed by atoms with Gasteiger partial charge >= 0.3 is 0 Å². The number of nitrogens with one attached hydrogen (secondary N) is 1. The van der Waals surface area contributed by atoms with Gasteiger partial charge in [-0.3, -0.25) is 0 Å². The standard InChI is InChI=1S/C12H18ClN3/c1-8-3-4-10(5-8)7-14-11-6-9(2)15-12(13)16-11/h6,8,10H,3-5,7H2,1-2H3,(H,14,15,16). The molecule has 0 aromatic carbocycles. The van der Waals surface area contributed by atoms with Crippen molar-refractivity contribution in [3.8, 4) is 0 Å². The minimum absolute atomic E-state index is 0.322. The highest BCUT2D eigenvalue weighted by atomic mass is 35.5. The van der Waals surface area contributed by atoms with Crippen LogP contribution in [-0.2, 0) is 0 Å². The molecule has 2 unspecified atom stereocenters. The summed E-state index contributed by atoms with van der Waals surface area (Å²) in [6, 6.07) is 1.93. The van der Waals surface area contributed by atoms with E-state index >= 15 is 0 Å². The van der Waals surface area contributed by atoms with Crippen LogP contribution >= 0.6 is 11.6 Å². The van der Waals surface area contributed by atoms with Crippen LogP contribution in [0.2, 0.25) is 5.28 Å². The van der Waals surface area contributed by atoms with E-state index in [1.807, 2.05) is 13.0 Å². The lowest BCUT2D eigenvalue weighted by Crippen LogP contribution is -2.12. The van der Waals surface area contributed by atoms with E-state index < -0.39 is 0 Å². The second-order valence-corrected chi connectivity index (χ2v) is 5.17. The van der Waals surface area contributed by atoms with Crippen LogP contribution in [0.5, 0.6) is 0 Å². The molecule has 0 bridgehead atoms. The van der Waals surface area contributed by atoms with Crippen LogP contribution in [0.3, 0.4) is 0 Å². The molecule has 88 valence electrons. The fourth-order valence-electron chi connectivity index (χ4n) is 2.38. The van der Waals surface area contributed by atoms with Gasteiger partial charge in [0.25, 0.3) is 0 Å². The summed E-state index contributed by atoms with van der Waals surface area (Å²) in [5.74, 6) is 2.50. The molecule has 0 radical (unpaired) electrons. The number of nitrogens with zero attached hydrogens (tertiary/aromatic N) is 2. The van der Waals surface area contributed by atoms with Gasteiger partial charge < -0.3 is 5.32 Å². The Morgan fingerprint density at radius 3 is 2.88 bits per heavy atom. The Labute approximate surface area is 102 Å². The summed E-state index contributed by atoms with van der Waals surface area (Å²) in [6.45, 7) is 5.25. The first kappa shape index (κ1) is 11.6. The first-order chi connectivity index (χ1) is 7.63. The average molecular weight is 240 g/mol. The molecule has 0 saturated heterocycles. The Balaban J connectivity index is 1.89. The third-order valence-corrected chi connectivity index (χ3v) is 3.37. The molecule has 1 fully saturated rings. The van der Waals surface area contributed by atoms with Gasteiger partial charge in [-0.1, -0.05) is 13.3 Å². The molecule has 0 aliphatic heterocycles. The Morgan fingerprint density at radius 2 is 2.25 bits per heavy atom. The zero-order valence-electron chi connectivity index (χ0n) is 9.83. The van der Waals surface area contributed by atoms with E-state index in [0.717, 1.165) is 29.9 Å².